The van der Waals surface area contributed by atoms with Gasteiger partial charge in [-0.05, 0) is 19.1 Å². The van der Waals surface area contributed by atoms with Crippen LogP contribution in [-0.4, -0.2) is 11.1 Å². The van der Waals surface area contributed by atoms with Gasteiger partial charge in [-0.3, -0.25) is 4.79 Å². The monoisotopic (exact) mass is 201 g/mol. The van der Waals surface area contributed by atoms with Crippen molar-refractivity contribution in [2.75, 3.05) is 0 Å². The highest BCUT2D eigenvalue weighted by molar-refractivity contribution is 6.30. The predicted octanol–water partition coefficient (Wildman–Crippen LogP) is 1.69. The van der Waals surface area contributed by atoms with Gasteiger partial charge in [-0.15, -0.1) is 0 Å². The van der Waals surface area contributed by atoms with Crippen LogP contribution >= 0.6 is 11.6 Å². The van der Waals surface area contributed by atoms with Crippen molar-refractivity contribution in [1.29, 1.82) is 0 Å². The highest BCUT2D eigenvalue weighted by atomic mass is 35.5. The molecule has 0 bridgehead atoms. The van der Waals surface area contributed by atoms with E-state index in [4.69, 9.17) is 22.4 Å². The first-order chi connectivity index (χ1) is 5.90. The van der Waals surface area contributed by atoms with E-state index in [1.165, 1.54) is 0 Å². The molecule has 1 rings (SSSR count). The molecule has 4 heteroatoms. The van der Waals surface area contributed by atoms with Gasteiger partial charge in [0.2, 0.25) is 0 Å². The summed E-state index contributed by atoms with van der Waals surface area (Å²) in [6.45, 7) is 3.34. The summed E-state index contributed by atoms with van der Waals surface area (Å²) >= 11 is 5.86. The first kappa shape index (κ1) is 10.1. The first-order valence-corrected chi connectivity index (χ1v) is 4.35. The quantitative estimate of drug-likeness (QED) is 0.679. The van der Waals surface area contributed by atoms with Crippen molar-refractivity contribution in [2.24, 2.45) is 17.1 Å². The molecule has 1 aliphatic rings. The second-order valence-electron chi connectivity index (χ2n) is 3.40. The molecule has 3 N–H and O–H groups in total. The average Bonchev–Trinajstić information content (AvgIpc) is 2.08. The largest absolute Gasteiger partial charge is 0.481 e. The summed E-state index contributed by atoms with van der Waals surface area (Å²) in [7, 11) is 0. The second-order valence-corrected chi connectivity index (χ2v) is 3.84. The first-order valence-electron chi connectivity index (χ1n) is 3.97. The number of carbonyl (C=O) groups is 1. The Kier molecular flexibility index (Phi) is 2.39. The molecule has 0 aromatic carbocycles. The van der Waals surface area contributed by atoms with E-state index in [-0.39, 0.29) is 5.92 Å². The van der Waals surface area contributed by atoms with Crippen LogP contribution in [-0.2, 0) is 4.79 Å². The standard InChI is InChI=1S/C9H12ClNO2/c1-5-6(10)3-4-7(11)9(5,2)8(12)13/h3-5H,11H2,1-2H3,(H,12,13). The summed E-state index contributed by atoms with van der Waals surface area (Å²) in [5, 5.41) is 9.58. The van der Waals surface area contributed by atoms with E-state index in [2.05, 4.69) is 0 Å². The Labute approximate surface area is 81.9 Å². The molecule has 0 radical (unpaired) electrons. The highest BCUT2D eigenvalue weighted by Gasteiger charge is 2.44. The molecular formula is C9H12ClNO2. The SMILES string of the molecule is CC1C(Cl)=CC=C(N)C1(C)C(=O)O. The molecule has 0 amide bonds. The summed E-state index contributed by atoms with van der Waals surface area (Å²) < 4.78 is 0. The Balaban J connectivity index is 3.19. The van der Waals surface area contributed by atoms with Gasteiger partial charge in [-0.1, -0.05) is 18.5 Å². The van der Waals surface area contributed by atoms with Gasteiger partial charge in [0.1, 0.15) is 5.41 Å². The van der Waals surface area contributed by atoms with Crippen LogP contribution in [0.2, 0.25) is 0 Å². The number of halogens is 1. The molecule has 0 heterocycles. The van der Waals surface area contributed by atoms with Crippen molar-refractivity contribution >= 4 is 17.6 Å². The number of carboxylic acid groups (broad SMARTS) is 1. The summed E-state index contributed by atoms with van der Waals surface area (Å²) in [6, 6.07) is 0. The molecule has 0 aromatic rings. The van der Waals surface area contributed by atoms with Crippen molar-refractivity contribution in [3.63, 3.8) is 0 Å². The molecule has 72 valence electrons. The minimum atomic E-state index is -1.08. The minimum Gasteiger partial charge on any atom is -0.481 e. The zero-order valence-electron chi connectivity index (χ0n) is 7.54. The van der Waals surface area contributed by atoms with Gasteiger partial charge in [0.15, 0.2) is 0 Å². The fraction of sp³-hybridized carbons (Fsp3) is 0.444. The topological polar surface area (TPSA) is 63.3 Å². The maximum absolute atomic E-state index is 11.0. The van der Waals surface area contributed by atoms with Crippen molar-refractivity contribution in [2.45, 2.75) is 13.8 Å². The molecule has 13 heavy (non-hydrogen) atoms. The molecule has 1 aliphatic carbocycles. The number of hydrogen-bond acceptors (Lipinski definition) is 2. The third-order valence-corrected chi connectivity index (χ3v) is 3.20. The lowest BCUT2D eigenvalue weighted by Gasteiger charge is -2.34. The number of rotatable bonds is 1. The second kappa shape index (κ2) is 3.07. The van der Waals surface area contributed by atoms with E-state index >= 15 is 0 Å². The molecule has 0 fully saturated rings. The van der Waals surface area contributed by atoms with Crippen LogP contribution in [0.4, 0.5) is 0 Å². The van der Waals surface area contributed by atoms with Gasteiger partial charge in [-0.2, -0.15) is 0 Å². The molecule has 0 saturated heterocycles. The molecule has 0 saturated carbocycles. The van der Waals surface area contributed by atoms with Crippen molar-refractivity contribution < 1.29 is 9.90 Å². The van der Waals surface area contributed by atoms with Crippen molar-refractivity contribution in [3.8, 4) is 0 Å². The summed E-state index contributed by atoms with van der Waals surface area (Å²) in [6.07, 6.45) is 3.20. The molecule has 0 spiro atoms. The molecular weight excluding hydrogens is 190 g/mol. The lowest BCUT2D eigenvalue weighted by atomic mass is 9.73. The van der Waals surface area contributed by atoms with Gasteiger partial charge in [0, 0.05) is 16.6 Å². The molecule has 0 aromatic heterocycles. The average molecular weight is 202 g/mol. The Morgan fingerprint density at radius 3 is 2.62 bits per heavy atom. The van der Waals surface area contributed by atoms with E-state index < -0.39 is 11.4 Å². The van der Waals surface area contributed by atoms with Gasteiger partial charge >= 0.3 is 5.97 Å². The van der Waals surface area contributed by atoms with Gasteiger partial charge in [-0.25, -0.2) is 0 Å². The lowest BCUT2D eigenvalue weighted by Crippen LogP contribution is -2.41. The molecule has 3 nitrogen and oxygen atoms in total. The van der Waals surface area contributed by atoms with E-state index in [1.54, 1.807) is 26.0 Å². The summed E-state index contributed by atoms with van der Waals surface area (Å²) in [5.41, 5.74) is 4.91. The minimum absolute atomic E-state index is 0.281. The van der Waals surface area contributed by atoms with Gasteiger partial charge in [0.25, 0.3) is 0 Å². The van der Waals surface area contributed by atoms with E-state index in [9.17, 15) is 4.79 Å². The van der Waals surface area contributed by atoms with Crippen LogP contribution in [0.3, 0.4) is 0 Å². The van der Waals surface area contributed by atoms with Crippen LogP contribution in [0.25, 0.3) is 0 Å². The fourth-order valence-corrected chi connectivity index (χ4v) is 1.60. The van der Waals surface area contributed by atoms with E-state index in [0.29, 0.717) is 10.7 Å². The Hall–Kier alpha value is -0.960. The van der Waals surface area contributed by atoms with Crippen LogP contribution < -0.4 is 5.73 Å². The molecule has 2 unspecified atom stereocenters. The normalized spacial score (nSPS) is 33.6. The number of aliphatic carboxylic acids is 1. The maximum Gasteiger partial charge on any atom is 0.315 e. The molecule has 0 aliphatic heterocycles. The fourth-order valence-electron chi connectivity index (χ4n) is 1.32. The number of allylic oxidation sites excluding steroid dienone is 3. The van der Waals surface area contributed by atoms with E-state index in [1.807, 2.05) is 0 Å². The number of nitrogens with two attached hydrogens (primary N) is 1. The number of hydrogen-bond donors (Lipinski definition) is 2. The smallest absolute Gasteiger partial charge is 0.315 e. The number of carboxylic acids is 1. The van der Waals surface area contributed by atoms with E-state index in [0.717, 1.165) is 0 Å². The molecule has 2 atom stereocenters. The van der Waals surface area contributed by atoms with Crippen LogP contribution in [0.5, 0.6) is 0 Å². The summed E-state index contributed by atoms with van der Waals surface area (Å²) in [4.78, 5) is 11.0. The third-order valence-electron chi connectivity index (χ3n) is 2.75. The van der Waals surface area contributed by atoms with Crippen molar-refractivity contribution in [1.82, 2.24) is 0 Å². The third kappa shape index (κ3) is 1.33. The Bertz CT molecular complexity index is 309. The van der Waals surface area contributed by atoms with Gasteiger partial charge < -0.3 is 10.8 Å². The summed E-state index contributed by atoms with van der Waals surface area (Å²) in [5.74, 6) is -1.23. The predicted molar refractivity (Wildman–Crippen MR) is 51.1 cm³/mol. The lowest BCUT2D eigenvalue weighted by molar-refractivity contribution is -0.147. The highest BCUT2D eigenvalue weighted by Crippen LogP contribution is 2.41. The zero-order chi connectivity index (χ0) is 10.2. The Morgan fingerprint density at radius 1 is 1.69 bits per heavy atom. The maximum atomic E-state index is 11.0. The van der Waals surface area contributed by atoms with Gasteiger partial charge in [0.05, 0.1) is 0 Å². The zero-order valence-corrected chi connectivity index (χ0v) is 8.30. The van der Waals surface area contributed by atoms with Crippen LogP contribution in [0.15, 0.2) is 22.9 Å². The van der Waals surface area contributed by atoms with Crippen LogP contribution in [0, 0.1) is 11.3 Å². The van der Waals surface area contributed by atoms with Crippen LogP contribution in [0.1, 0.15) is 13.8 Å². The Morgan fingerprint density at radius 2 is 2.23 bits per heavy atom. The van der Waals surface area contributed by atoms with Crippen molar-refractivity contribution in [3.05, 3.63) is 22.9 Å².